The van der Waals surface area contributed by atoms with E-state index in [-0.39, 0.29) is 11.9 Å². The van der Waals surface area contributed by atoms with Crippen LogP contribution in [-0.4, -0.2) is 37.1 Å². The molecule has 1 amide bonds. The number of anilines is 1. The number of ether oxygens (including phenoxy) is 2. The fraction of sp³-hybridized carbons (Fsp3) is 0.316. The van der Waals surface area contributed by atoms with Crippen LogP contribution in [-0.2, 0) is 11.3 Å². The van der Waals surface area contributed by atoms with Gasteiger partial charge >= 0.3 is 0 Å². The molecule has 2 aromatic carbocycles. The lowest BCUT2D eigenvalue weighted by Gasteiger charge is -2.25. The molecule has 1 N–H and O–H groups in total. The average Bonchev–Trinajstić information content (AvgIpc) is 2.61. The molecule has 0 saturated carbocycles. The second kappa shape index (κ2) is 7.76. The summed E-state index contributed by atoms with van der Waals surface area (Å²) >= 11 is 5.95. The van der Waals surface area contributed by atoms with E-state index in [0.29, 0.717) is 30.5 Å². The largest absolute Gasteiger partial charge is 0.486 e. The standard InChI is InChI=1S/C19H21ClN2O3/c1-13(19(23)21-16-5-3-4-15(20)11-16)22(2)12-14-6-7-17-18(10-14)25-9-8-24-17/h3-7,10-11,13H,8-9,12H2,1-2H3,(H,21,23)/t13-/m1/s1. The van der Waals surface area contributed by atoms with Crippen molar-refractivity contribution >= 4 is 23.2 Å². The Morgan fingerprint density at radius 3 is 2.72 bits per heavy atom. The average molecular weight is 361 g/mol. The molecule has 1 aliphatic heterocycles. The van der Waals surface area contributed by atoms with Gasteiger partial charge in [-0.25, -0.2) is 0 Å². The van der Waals surface area contributed by atoms with E-state index in [1.165, 1.54) is 0 Å². The van der Waals surface area contributed by atoms with Crippen molar-refractivity contribution in [2.75, 3.05) is 25.6 Å². The van der Waals surface area contributed by atoms with E-state index < -0.39 is 0 Å². The molecule has 3 rings (SSSR count). The molecule has 1 aliphatic rings. The quantitative estimate of drug-likeness (QED) is 0.885. The molecule has 0 unspecified atom stereocenters. The highest BCUT2D eigenvalue weighted by Gasteiger charge is 2.19. The lowest BCUT2D eigenvalue weighted by atomic mass is 10.1. The monoisotopic (exact) mass is 360 g/mol. The first-order valence-electron chi connectivity index (χ1n) is 8.18. The second-order valence-corrected chi connectivity index (χ2v) is 6.51. The van der Waals surface area contributed by atoms with Crippen molar-refractivity contribution in [3.63, 3.8) is 0 Å². The molecule has 132 valence electrons. The number of rotatable bonds is 5. The minimum atomic E-state index is -0.299. The molecule has 1 heterocycles. The molecular formula is C19H21ClN2O3. The Labute approximate surface area is 152 Å². The molecule has 2 aromatic rings. The Bertz CT molecular complexity index is 766. The molecule has 5 nitrogen and oxygen atoms in total. The van der Waals surface area contributed by atoms with Crippen molar-refractivity contribution in [2.45, 2.75) is 19.5 Å². The highest BCUT2D eigenvalue weighted by Crippen LogP contribution is 2.31. The normalized spacial score (nSPS) is 14.2. The number of hydrogen-bond donors (Lipinski definition) is 1. The summed E-state index contributed by atoms with van der Waals surface area (Å²) in [4.78, 5) is 14.4. The van der Waals surface area contributed by atoms with Crippen LogP contribution in [0.1, 0.15) is 12.5 Å². The Hall–Kier alpha value is -2.24. The molecule has 1 atom stereocenters. The molecule has 0 radical (unpaired) electrons. The maximum Gasteiger partial charge on any atom is 0.241 e. The molecule has 0 bridgehead atoms. The summed E-state index contributed by atoms with van der Waals surface area (Å²) in [5.74, 6) is 1.44. The van der Waals surface area contributed by atoms with Crippen LogP contribution in [0.5, 0.6) is 11.5 Å². The summed E-state index contributed by atoms with van der Waals surface area (Å²) in [5.41, 5.74) is 1.76. The third-order valence-electron chi connectivity index (χ3n) is 4.17. The van der Waals surface area contributed by atoms with E-state index in [2.05, 4.69) is 5.32 Å². The van der Waals surface area contributed by atoms with Gasteiger partial charge in [-0.1, -0.05) is 23.7 Å². The summed E-state index contributed by atoms with van der Waals surface area (Å²) in [6.07, 6.45) is 0. The Morgan fingerprint density at radius 2 is 1.96 bits per heavy atom. The van der Waals surface area contributed by atoms with Crippen molar-refractivity contribution in [1.82, 2.24) is 4.90 Å². The van der Waals surface area contributed by atoms with E-state index in [0.717, 1.165) is 17.1 Å². The zero-order valence-electron chi connectivity index (χ0n) is 14.3. The summed E-state index contributed by atoms with van der Waals surface area (Å²) in [5, 5.41) is 3.48. The maximum atomic E-state index is 12.4. The SMILES string of the molecule is C[C@H](C(=O)Nc1cccc(Cl)c1)N(C)Cc1ccc2c(c1)OCCO2. The number of fused-ring (bicyclic) bond motifs is 1. The van der Waals surface area contributed by atoms with Gasteiger partial charge in [-0.3, -0.25) is 9.69 Å². The number of carbonyl (C=O) groups is 1. The summed E-state index contributed by atoms with van der Waals surface area (Å²) in [6.45, 7) is 3.64. The van der Waals surface area contributed by atoms with Crippen LogP contribution in [0.25, 0.3) is 0 Å². The van der Waals surface area contributed by atoms with Gasteiger partial charge in [-0.2, -0.15) is 0 Å². The summed E-state index contributed by atoms with van der Waals surface area (Å²) < 4.78 is 11.1. The van der Waals surface area contributed by atoms with Gasteiger partial charge in [0.05, 0.1) is 6.04 Å². The zero-order chi connectivity index (χ0) is 17.8. The Morgan fingerprint density at radius 1 is 1.20 bits per heavy atom. The number of hydrogen-bond acceptors (Lipinski definition) is 4. The van der Waals surface area contributed by atoms with Gasteiger partial charge in [0.15, 0.2) is 11.5 Å². The van der Waals surface area contributed by atoms with Crippen molar-refractivity contribution in [3.8, 4) is 11.5 Å². The van der Waals surface area contributed by atoms with Crippen molar-refractivity contribution in [1.29, 1.82) is 0 Å². The third kappa shape index (κ3) is 4.44. The summed E-state index contributed by atoms with van der Waals surface area (Å²) in [6, 6.07) is 12.7. The number of carbonyl (C=O) groups excluding carboxylic acids is 1. The molecular weight excluding hydrogens is 340 g/mol. The predicted molar refractivity (Wildman–Crippen MR) is 98.4 cm³/mol. The van der Waals surface area contributed by atoms with Gasteiger partial charge in [-0.05, 0) is 49.9 Å². The number of halogens is 1. The molecule has 0 aliphatic carbocycles. The molecule has 0 saturated heterocycles. The highest BCUT2D eigenvalue weighted by atomic mass is 35.5. The zero-order valence-corrected chi connectivity index (χ0v) is 15.0. The molecule has 25 heavy (non-hydrogen) atoms. The number of nitrogens with one attached hydrogen (secondary N) is 1. The number of nitrogens with zero attached hydrogens (tertiary/aromatic N) is 1. The molecule has 6 heteroatoms. The highest BCUT2D eigenvalue weighted by molar-refractivity contribution is 6.30. The number of amides is 1. The topological polar surface area (TPSA) is 50.8 Å². The minimum Gasteiger partial charge on any atom is -0.486 e. The van der Waals surface area contributed by atoms with Gasteiger partial charge in [0.1, 0.15) is 13.2 Å². The van der Waals surface area contributed by atoms with E-state index in [1.54, 1.807) is 12.1 Å². The van der Waals surface area contributed by atoms with Gasteiger partial charge in [-0.15, -0.1) is 0 Å². The Balaban J connectivity index is 1.62. The number of likely N-dealkylation sites (N-methyl/N-ethyl adjacent to an activating group) is 1. The Kier molecular flexibility index (Phi) is 5.46. The van der Waals surface area contributed by atoms with Gasteiger partial charge < -0.3 is 14.8 Å². The first kappa shape index (κ1) is 17.6. The third-order valence-corrected chi connectivity index (χ3v) is 4.41. The van der Waals surface area contributed by atoms with Crippen LogP contribution in [0.4, 0.5) is 5.69 Å². The first-order chi connectivity index (χ1) is 12.0. The van der Waals surface area contributed by atoms with Crippen molar-refractivity contribution < 1.29 is 14.3 Å². The number of benzene rings is 2. The van der Waals surface area contributed by atoms with Crippen LogP contribution in [0, 0.1) is 0 Å². The smallest absolute Gasteiger partial charge is 0.241 e. The van der Waals surface area contributed by atoms with E-state index >= 15 is 0 Å². The van der Waals surface area contributed by atoms with E-state index in [4.69, 9.17) is 21.1 Å². The first-order valence-corrected chi connectivity index (χ1v) is 8.56. The fourth-order valence-electron chi connectivity index (χ4n) is 2.62. The fourth-order valence-corrected chi connectivity index (χ4v) is 2.81. The van der Waals surface area contributed by atoms with Gasteiger partial charge in [0, 0.05) is 17.3 Å². The lowest BCUT2D eigenvalue weighted by Crippen LogP contribution is -2.39. The molecule has 0 fully saturated rings. The van der Waals surface area contributed by atoms with Crippen LogP contribution < -0.4 is 14.8 Å². The van der Waals surface area contributed by atoms with Gasteiger partial charge in [0.2, 0.25) is 5.91 Å². The van der Waals surface area contributed by atoms with Crippen LogP contribution in [0.15, 0.2) is 42.5 Å². The van der Waals surface area contributed by atoms with E-state index in [1.807, 2.05) is 49.2 Å². The van der Waals surface area contributed by atoms with Crippen molar-refractivity contribution in [2.24, 2.45) is 0 Å². The van der Waals surface area contributed by atoms with Crippen molar-refractivity contribution in [3.05, 3.63) is 53.1 Å². The predicted octanol–water partition coefficient (Wildman–Crippen LogP) is 3.57. The molecule has 0 spiro atoms. The second-order valence-electron chi connectivity index (χ2n) is 6.07. The van der Waals surface area contributed by atoms with Gasteiger partial charge in [0.25, 0.3) is 0 Å². The molecule has 0 aromatic heterocycles. The van der Waals surface area contributed by atoms with Crippen LogP contribution in [0.3, 0.4) is 0 Å². The van der Waals surface area contributed by atoms with E-state index in [9.17, 15) is 4.79 Å². The minimum absolute atomic E-state index is 0.0812. The van der Waals surface area contributed by atoms with Crippen LogP contribution >= 0.6 is 11.6 Å². The summed E-state index contributed by atoms with van der Waals surface area (Å²) in [7, 11) is 1.92. The van der Waals surface area contributed by atoms with Crippen LogP contribution in [0.2, 0.25) is 5.02 Å². The lowest BCUT2D eigenvalue weighted by molar-refractivity contribution is -0.120. The maximum absolute atomic E-state index is 12.4.